The lowest BCUT2D eigenvalue weighted by Crippen LogP contribution is -2.24. The molecule has 0 saturated carbocycles. The van der Waals surface area contributed by atoms with Crippen molar-refractivity contribution in [3.05, 3.63) is 66.0 Å². The number of nitrogens with zero attached hydrogens (tertiary/aromatic N) is 4. The molecule has 148 valence electrons. The number of carbonyl (C=O) groups excluding carboxylic acids is 1. The van der Waals surface area contributed by atoms with Crippen molar-refractivity contribution in [2.24, 2.45) is 5.10 Å². The molecule has 0 spiro atoms. The maximum absolute atomic E-state index is 12.2. The van der Waals surface area contributed by atoms with Crippen molar-refractivity contribution in [3.8, 4) is 0 Å². The van der Waals surface area contributed by atoms with Gasteiger partial charge in [0.15, 0.2) is 0 Å². The van der Waals surface area contributed by atoms with Gasteiger partial charge in [0, 0.05) is 31.4 Å². The van der Waals surface area contributed by atoms with Crippen LogP contribution in [0.2, 0.25) is 0 Å². The van der Waals surface area contributed by atoms with Crippen LogP contribution < -0.4 is 4.72 Å². The van der Waals surface area contributed by atoms with Crippen molar-refractivity contribution in [2.75, 3.05) is 11.0 Å². The number of hydrogen-bond acceptors (Lipinski definition) is 6. The van der Waals surface area contributed by atoms with Crippen LogP contribution in [-0.2, 0) is 14.8 Å². The minimum Gasteiger partial charge on any atom is -0.284 e. The molecule has 29 heavy (non-hydrogen) atoms. The minimum absolute atomic E-state index is 0.153. The number of amides is 1. The van der Waals surface area contributed by atoms with Crippen LogP contribution in [0.25, 0.3) is 11.0 Å². The Morgan fingerprint density at radius 1 is 1.07 bits per heavy atom. The first-order valence-corrected chi connectivity index (χ1v) is 10.9. The van der Waals surface area contributed by atoms with Crippen LogP contribution in [0.5, 0.6) is 0 Å². The van der Waals surface area contributed by atoms with Gasteiger partial charge in [0.05, 0.1) is 29.0 Å². The van der Waals surface area contributed by atoms with Crippen molar-refractivity contribution in [2.45, 2.75) is 19.4 Å². The zero-order chi connectivity index (χ0) is 20.6. The maximum Gasteiger partial charge on any atom is 0.240 e. The highest BCUT2D eigenvalue weighted by molar-refractivity contribution is 7.92. The standard InChI is InChI=1S/C20H19N5O3S/c1-13(26)25-20(15-5-8-17-19(11-15)22-10-9-21-17)12-18(23-25)14-3-6-16(7-4-14)24-29(2,27)28/h3-11,20,24H,12H2,1-2H3/t20-/m1/s1. The molecule has 0 bridgehead atoms. The van der Waals surface area contributed by atoms with Crippen molar-refractivity contribution in [1.29, 1.82) is 0 Å². The highest BCUT2D eigenvalue weighted by atomic mass is 32.2. The number of sulfonamides is 1. The number of nitrogens with one attached hydrogen (secondary N) is 1. The predicted octanol–water partition coefficient (Wildman–Crippen LogP) is 2.70. The van der Waals surface area contributed by atoms with Crippen molar-refractivity contribution < 1.29 is 13.2 Å². The second kappa shape index (κ2) is 7.25. The van der Waals surface area contributed by atoms with Gasteiger partial charge in [-0.25, -0.2) is 13.4 Å². The van der Waals surface area contributed by atoms with Crippen LogP contribution in [-0.4, -0.2) is 41.3 Å². The molecule has 0 saturated heterocycles. The molecule has 0 unspecified atom stereocenters. The quantitative estimate of drug-likeness (QED) is 0.713. The molecular formula is C20H19N5O3S. The van der Waals surface area contributed by atoms with Crippen molar-refractivity contribution in [1.82, 2.24) is 15.0 Å². The molecule has 1 aromatic heterocycles. The fourth-order valence-electron chi connectivity index (χ4n) is 3.37. The fraction of sp³-hybridized carbons (Fsp3) is 0.200. The van der Waals surface area contributed by atoms with Crippen molar-refractivity contribution >= 4 is 38.4 Å². The summed E-state index contributed by atoms with van der Waals surface area (Å²) in [4.78, 5) is 20.8. The summed E-state index contributed by atoms with van der Waals surface area (Å²) in [6, 6.07) is 12.5. The molecule has 0 aliphatic carbocycles. The van der Waals surface area contributed by atoms with Gasteiger partial charge < -0.3 is 0 Å². The largest absolute Gasteiger partial charge is 0.284 e. The Kier molecular flexibility index (Phi) is 4.75. The van der Waals surface area contributed by atoms with Gasteiger partial charge >= 0.3 is 0 Å². The number of hydrogen-bond donors (Lipinski definition) is 1. The molecule has 2 heterocycles. The smallest absolute Gasteiger partial charge is 0.240 e. The van der Waals surface area contributed by atoms with Gasteiger partial charge in [-0.05, 0) is 35.4 Å². The van der Waals surface area contributed by atoms with E-state index in [1.54, 1.807) is 36.7 Å². The molecule has 4 rings (SSSR count). The van der Waals surface area contributed by atoms with Crippen LogP contribution in [0.1, 0.15) is 30.5 Å². The molecule has 1 N–H and O–H groups in total. The minimum atomic E-state index is -3.34. The summed E-state index contributed by atoms with van der Waals surface area (Å²) in [5.41, 5.74) is 4.55. The van der Waals surface area contributed by atoms with E-state index in [0.717, 1.165) is 34.1 Å². The molecule has 1 aliphatic heterocycles. The predicted molar refractivity (Wildman–Crippen MR) is 111 cm³/mol. The van der Waals surface area contributed by atoms with E-state index in [2.05, 4.69) is 19.8 Å². The summed E-state index contributed by atoms with van der Waals surface area (Å²) >= 11 is 0. The van der Waals surface area contributed by atoms with Gasteiger partial charge in [-0.2, -0.15) is 5.10 Å². The Labute approximate surface area is 168 Å². The third-order valence-electron chi connectivity index (χ3n) is 4.63. The molecule has 2 aromatic carbocycles. The molecular weight excluding hydrogens is 390 g/mol. The van der Waals surface area contributed by atoms with Crippen LogP contribution in [0.15, 0.2) is 60.0 Å². The van der Waals surface area contributed by atoms with E-state index >= 15 is 0 Å². The zero-order valence-electron chi connectivity index (χ0n) is 15.9. The summed E-state index contributed by atoms with van der Waals surface area (Å²) in [5.74, 6) is -0.153. The third kappa shape index (κ3) is 4.09. The Balaban J connectivity index is 1.63. The normalized spacial score (nSPS) is 16.7. The lowest BCUT2D eigenvalue weighted by Gasteiger charge is -2.20. The monoisotopic (exact) mass is 409 g/mol. The first kappa shape index (κ1) is 19.0. The highest BCUT2D eigenvalue weighted by Gasteiger charge is 2.31. The zero-order valence-corrected chi connectivity index (χ0v) is 16.7. The van der Waals surface area contributed by atoms with E-state index in [4.69, 9.17) is 0 Å². The Bertz CT molecular complexity index is 1220. The van der Waals surface area contributed by atoms with Crippen molar-refractivity contribution in [3.63, 3.8) is 0 Å². The van der Waals surface area contributed by atoms with E-state index < -0.39 is 10.0 Å². The van der Waals surface area contributed by atoms with Crippen LogP contribution in [0.3, 0.4) is 0 Å². The molecule has 0 radical (unpaired) electrons. The molecule has 1 atom stereocenters. The highest BCUT2D eigenvalue weighted by Crippen LogP contribution is 2.34. The Morgan fingerprint density at radius 3 is 2.41 bits per heavy atom. The van der Waals surface area contributed by atoms with Gasteiger partial charge in [0.25, 0.3) is 0 Å². The average molecular weight is 409 g/mol. The number of hydrazone groups is 1. The molecule has 8 nitrogen and oxygen atoms in total. The van der Waals surface area contributed by atoms with E-state index in [9.17, 15) is 13.2 Å². The number of fused-ring (bicyclic) bond motifs is 1. The summed E-state index contributed by atoms with van der Waals surface area (Å²) in [6.45, 7) is 1.49. The van der Waals surface area contributed by atoms with E-state index in [0.29, 0.717) is 12.1 Å². The lowest BCUT2D eigenvalue weighted by molar-refractivity contribution is -0.130. The van der Waals surface area contributed by atoms with Gasteiger partial charge in [-0.1, -0.05) is 18.2 Å². The average Bonchev–Trinajstić information content (AvgIpc) is 3.13. The van der Waals surface area contributed by atoms with Crippen LogP contribution in [0.4, 0.5) is 5.69 Å². The summed E-state index contributed by atoms with van der Waals surface area (Å²) in [7, 11) is -3.34. The first-order chi connectivity index (χ1) is 13.8. The van der Waals surface area contributed by atoms with Crippen LogP contribution >= 0.6 is 0 Å². The fourth-order valence-corrected chi connectivity index (χ4v) is 3.93. The molecule has 3 aromatic rings. The number of anilines is 1. The lowest BCUT2D eigenvalue weighted by atomic mass is 9.98. The van der Waals surface area contributed by atoms with Crippen LogP contribution in [0, 0.1) is 0 Å². The van der Waals surface area contributed by atoms with E-state index in [-0.39, 0.29) is 11.9 Å². The van der Waals surface area contributed by atoms with Gasteiger partial charge in [-0.15, -0.1) is 0 Å². The third-order valence-corrected chi connectivity index (χ3v) is 5.24. The molecule has 0 fully saturated rings. The summed E-state index contributed by atoms with van der Waals surface area (Å²) in [6.07, 6.45) is 4.93. The number of aromatic nitrogens is 2. The number of carbonyl (C=O) groups is 1. The number of rotatable bonds is 4. The second-order valence-electron chi connectivity index (χ2n) is 6.89. The molecule has 1 amide bonds. The Hall–Kier alpha value is -3.33. The van der Waals surface area contributed by atoms with E-state index in [1.165, 1.54) is 11.9 Å². The second-order valence-corrected chi connectivity index (χ2v) is 8.63. The topological polar surface area (TPSA) is 105 Å². The maximum atomic E-state index is 12.2. The van der Waals surface area contributed by atoms with Gasteiger partial charge in [0.1, 0.15) is 0 Å². The Morgan fingerprint density at radius 2 is 1.76 bits per heavy atom. The van der Waals surface area contributed by atoms with Gasteiger partial charge in [0.2, 0.25) is 15.9 Å². The molecule has 1 aliphatic rings. The molecule has 9 heteroatoms. The van der Waals surface area contributed by atoms with Gasteiger partial charge in [-0.3, -0.25) is 19.5 Å². The SMILES string of the molecule is CC(=O)N1N=C(c2ccc(NS(C)(=O)=O)cc2)C[C@@H]1c1ccc2nccnc2c1. The summed E-state index contributed by atoms with van der Waals surface area (Å²) in [5, 5.41) is 6.01. The first-order valence-electron chi connectivity index (χ1n) is 8.96. The van der Waals surface area contributed by atoms with E-state index in [1.807, 2.05) is 18.2 Å². The number of benzene rings is 2. The summed E-state index contributed by atoms with van der Waals surface area (Å²) < 4.78 is 25.2.